The minimum atomic E-state index is -1.37. The summed E-state index contributed by atoms with van der Waals surface area (Å²) in [6, 6.07) is 0. The van der Waals surface area contributed by atoms with Crippen LogP contribution in [0.5, 0.6) is 0 Å². The molecule has 0 unspecified atom stereocenters. The molecule has 3 nitrogen and oxygen atoms in total. The van der Waals surface area contributed by atoms with Crippen molar-refractivity contribution in [2.45, 2.75) is 45.8 Å². The van der Waals surface area contributed by atoms with Crippen LogP contribution in [0.2, 0.25) is 0 Å². The number of fused-ring (bicyclic) bond motifs is 2. The van der Waals surface area contributed by atoms with Crippen LogP contribution < -0.4 is 0 Å². The van der Waals surface area contributed by atoms with E-state index in [1.54, 1.807) is 0 Å². The van der Waals surface area contributed by atoms with Crippen molar-refractivity contribution in [1.82, 2.24) is 0 Å². The van der Waals surface area contributed by atoms with Crippen LogP contribution in [-0.4, -0.2) is 16.9 Å². The molecular weight excluding hydrogens is 228 g/mol. The number of allylic oxidation sites excluding steroid dienone is 2. The second-order valence-corrected chi connectivity index (χ2v) is 6.51. The van der Waals surface area contributed by atoms with Crippen molar-refractivity contribution >= 4 is 5.97 Å². The number of rotatable bonds is 0. The van der Waals surface area contributed by atoms with Gasteiger partial charge in [-0.15, -0.1) is 0 Å². The highest BCUT2D eigenvalue weighted by Gasteiger charge is 2.57. The Kier molecular flexibility index (Phi) is 2.31. The van der Waals surface area contributed by atoms with E-state index in [0.717, 1.165) is 18.4 Å². The summed E-state index contributed by atoms with van der Waals surface area (Å²) >= 11 is 0. The van der Waals surface area contributed by atoms with Crippen molar-refractivity contribution in [1.29, 1.82) is 0 Å². The van der Waals surface area contributed by atoms with Gasteiger partial charge in [0.15, 0.2) is 0 Å². The van der Waals surface area contributed by atoms with Gasteiger partial charge in [0.2, 0.25) is 5.79 Å². The molecule has 0 aromatic heterocycles. The SMILES string of the molecule is CC1=C[C@H]2C[C@]3(O)OC(=O)C=C3C(C)(C)[C@@H]2CC1. The molecule has 1 aliphatic heterocycles. The Balaban J connectivity index is 2.07. The normalized spacial score (nSPS) is 41.4. The minimum Gasteiger partial charge on any atom is -0.426 e. The average molecular weight is 248 g/mol. The molecule has 0 bridgehead atoms. The highest BCUT2D eigenvalue weighted by molar-refractivity contribution is 5.87. The molecule has 3 atom stereocenters. The first-order valence-corrected chi connectivity index (χ1v) is 6.68. The van der Waals surface area contributed by atoms with Crippen LogP contribution in [0, 0.1) is 17.3 Å². The maximum absolute atomic E-state index is 11.5. The summed E-state index contributed by atoms with van der Waals surface area (Å²) in [5.74, 6) is -0.973. The summed E-state index contributed by atoms with van der Waals surface area (Å²) in [5.41, 5.74) is 1.97. The second kappa shape index (κ2) is 3.47. The van der Waals surface area contributed by atoms with Crippen LogP contribution in [0.3, 0.4) is 0 Å². The molecule has 1 N–H and O–H groups in total. The topological polar surface area (TPSA) is 46.5 Å². The molecule has 0 aromatic carbocycles. The fraction of sp³-hybridized carbons (Fsp3) is 0.667. The number of hydrogen-bond donors (Lipinski definition) is 1. The van der Waals surface area contributed by atoms with Gasteiger partial charge in [-0.2, -0.15) is 0 Å². The first kappa shape index (κ1) is 12.0. The molecule has 1 fully saturated rings. The van der Waals surface area contributed by atoms with Crippen LogP contribution in [0.15, 0.2) is 23.3 Å². The smallest absolute Gasteiger partial charge is 0.333 e. The molecule has 1 heterocycles. The third-order valence-electron chi connectivity index (χ3n) is 4.95. The highest BCUT2D eigenvalue weighted by Crippen LogP contribution is 2.57. The Morgan fingerprint density at radius 1 is 1.44 bits per heavy atom. The predicted molar refractivity (Wildman–Crippen MR) is 67.5 cm³/mol. The van der Waals surface area contributed by atoms with Crippen LogP contribution in [-0.2, 0) is 9.53 Å². The Bertz CT molecular complexity index is 472. The molecule has 0 spiro atoms. The maximum atomic E-state index is 11.5. The fourth-order valence-electron chi connectivity index (χ4n) is 4.10. The van der Waals surface area contributed by atoms with Crippen LogP contribution in [0.4, 0.5) is 0 Å². The van der Waals surface area contributed by atoms with Gasteiger partial charge in [0, 0.05) is 18.1 Å². The molecule has 3 rings (SSSR count). The summed E-state index contributed by atoms with van der Waals surface area (Å²) in [4.78, 5) is 11.5. The first-order valence-electron chi connectivity index (χ1n) is 6.68. The molecule has 0 radical (unpaired) electrons. The number of carbonyl (C=O) groups excluding carboxylic acids is 1. The van der Waals surface area contributed by atoms with Crippen LogP contribution in [0.1, 0.15) is 40.0 Å². The van der Waals surface area contributed by atoms with Crippen molar-refractivity contribution in [3.05, 3.63) is 23.3 Å². The van der Waals surface area contributed by atoms with Crippen LogP contribution >= 0.6 is 0 Å². The monoisotopic (exact) mass is 248 g/mol. The number of carbonyl (C=O) groups is 1. The third-order valence-corrected chi connectivity index (χ3v) is 4.95. The standard InChI is InChI=1S/C15H20O3/c1-9-4-5-11-10(6-9)8-15(17)12(14(11,2)3)7-13(16)18-15/h6-7,10-11,17H,4-5,8H2,1-3H3/t10-,11+,15-/m0/s1. The Morgan fingerprint density at radius 2 is 2.17 bits per heavy atom. The summed E-state index contributed by atoms with van der Waals surface area (Å²) in [7, 11) is 0. The first-order chi connectivity index (χ1) is 8.33. The van der Waals surface area contributed by atoms with Crippen molar-refractivity contribution in [2.24, 2.45) is 17.3 Å². The van der Waals surface area contributed by atoms with Gasteiger partial charge in [0.1, 0.15) is 0 Å². The summed E-state index contributed by atoms with van der Waals surface area (Å²) in [5, 5.41) is 10.6. The molecule has 3 aliphatic rings. The summed E-state index contributed by atoms with van der Waals surface area (Å²) in [6.45, 7) is 6.38. The lowest BCUT2D eigenvalue weighted by Crippen LogP contribution is -2.50. The number of aliphatic hydroxyl groups is 1. The number of hydrogen-bond acceptors (Lipinski definition) is 3. The van der Waals surface area contributed by atoms with Crippen molar-refractivity contribution < 1.29 is 14.6 Å². The van der Waals surface area contributed by atoms with Gasteiger partial charge in [-0.1, -0.05) is 25.5 Å². The molecule has 18 heavy (non-hydrogen) atoms. The molecule has 0 amide bonds. The Labute approximate surface area is 108 Å². The van der Waals surface area contributed by atoms with E-state index in [9.17, 15) is 9.90 Å². The van der Waals surface area contributed by atoms with Crippen molar-refractivity contribution in [2.75, 3.05) is 0 Å². The minimum absolute atomic E-state index is 0.180. The molecular formula is C15H20O3. The number of ether oxygens (including phenoxy) is 1. The number of esters is 1. The molecule has 2 aliphatic carbocycles. The van der Waals surface area contributed by atoms with Gasteiger partial charge in [0.25, 0.3) is 0 Å². The Morgan fingerprint density at radius 3 is 2.89 bits per heavy atom. The van der Waals surface area contributed by atoms with E-state index in [-0.39, 0.29) is 5.41 Å². The van der Waals surface area contributed by atoms with Crippen LogP contribution in [0.25, 0.3) is 0 Å². The summed E-state index contributed by atoms with van der Waals surface area (Å²) in [6.07, 6.45) is 6.51. The average Bonchev–Trinajstić information content (AvgIpc) is 2.53. The van der Waals surface area contributed by atoms with Crippen molar-refractivity contribution in [3.8, 4) is 0 Å². The highest BCUT2D eigenvalue weighted by atomic mass is 16.7. The van der Waals surface area contributed by atoms with E-state index < -0.39 is 11.8 Å². The van der Waals surface area contributed by atoms with E-state index in [2.05, 4.69) is 26.8 Å². The molecule has 0 saturated heterocycles. The maximum Gasteiger partial charge on any atom is 0.333 e. The lowest BCUT2D eigenvalue weighted by atomic mass is 9.56. The van der Waals surface area contributed by atoms with E-state index in [1.807, 2.05) is 0 Å². The van der Waals surface area contributed by atoms with Gasteiger partial charge < -0.3 is 9.84 Å². The molecule has 3 heteroatoms. The van der Waals surface area contributed by atoms with E-state index in [1.165, 1.54) is 11.6 Å². The predicted octanol–water partition coefficient (Wildman–Crippen LogP) is 2.56. The quantitative estimate of drug-likeness (QED) is 0.529. The zero-order valence-corrected chi connectivity index (χ0v) is 11.2. The zero-order valence-electron chi connectivity index (χ0n) is 11.2. The second-order valence-electron chi connectivity index (χ2n) is 6.51. The fourth-order valence-corrected chi connectivity index (χ4v) is 4.10. The van der Waals surface area contributed by atoms with E-state index >= 15 is 0 Å². The molecule has 0 aromatic rings. The molecule has 1 saturated carbocycles. The van der Waals surface area contributed by atoms with E-state index in [4.69, 9.17) is 4.74 Å². The third kappa shape index (κ3) is 1.50. The Hall–Kier alpha value is -1.09. The van der Waals surface area contributed by atoms with Gasteiger partial charge >= 0.3 is 5.97 Å². The van der Waals surface area contributed by atoms with Gasteiger partial charge in [-0.3, -0.25) is 0 Å². The lowest BCUT2D eigenvalue weighted by Gasteiger charge is -2.51. The summed E-state index contributed by atoms with van der Waals surface area (Å²) < 4.78 is 5.17. The lowest BCUT2D eigenvalue weighted by molar-refractivity contribution is -0.201. The zero-order chi connectivity index (χ0) is 13.1. The van der Waals surface area contributed by atoms with Gasteiger partial charge in [0.05, 0.1) is 0 Å². The van der Waals surface area contributed by atoms with E-state index in [0.29, 0.717) is 18.3 Å². The van der Waals surface area contributed by atoms with Gasteiger partial charge in [-0.05, 0) is 37.0 Å². The van der Waals surface area contributed by atoms with Crippen molar-refractivity contribution in [3.63, 3.8) is 0 Å². The largest absolute Gasteiger partial charge is 0.426 e. The van der Waals surface area contributed by atoms with Gasteiger partial charge in [-0.25, -0.2) is 4.79 Å². The molecule has 98 valence electrons.